The lowest BCUT2D eigenvalue weighted by Gasteiger charge is -2.19. The minimum Gasteiger partial charge on any atom is -0.497 e. The van der Waals surface area contributed by atoms with E-state index in [2.05, 4.69) is 0 Å². The van der Waals surface area contributed by atoms with E-state index in [1.165, 1.54) is 12.1 Å². The molecule has 2 aromatic rings. The molecule has 5 heteroatoms. The Kier molecular flexibility index (Phi) is 5.31. The lowest BCUT2D eigenvalue weighted by molar-refractivity contribution is -0.137. The highest BCUT2D eigenvalue weighted by molar-refractivity contribution is 5.38. The first-order valence-electron chi connectivity index (χ1n) is 7.36. The fraction of sp³-hybridized carbons (Fsp3) is 0.333. The van der Waals surface area contributed by atoms with E-state index in [0.29, 0.717) is 18.5 Å². The monoisotopic (exact) mass is 323 g/mol. The van der Waals surface area contributed by atoms with Crippen LogP contribution in [0.5, 0.6) is 5.75 Å². The number of aryl methyl sites for hydroxylation is 1. The summed E-state index contributed by atoms with van der Waals surface area (Å²) >= 11 is 0. The third-order valence-corrected chi connectivity index (χ3v) is 3.94. The first kappa shape index (κ1) is 17.3. The minimum atomic E-state index is -4.33. The van der Waals surface area contributed by atoms with Gasteiger partial charge in [-0.25, -0.2) is 0 Å². The fourth-order valence-corrected chi connectivity index (χ4v) is 2.71. The largest absolute Gasteiger partial charge is 0.497 e. The lowest BCUT2D eigenvalue weighted by Crippen LogP contribution is -2.16. The molecule has 2 N–H and O–H groups in total. The molecule has 0 spiro atoms. The molecule has 0 amide bonds. The molecular weight excluding hydrogens is 303 g/mol. The zero-order chi connectivity index (χ0) is 17.0. The molecule has 0 saturated carbocycles. The van der Waals surface area contributed by atoms with Crippen LogP contribution in [0.2, 0.25) is 0 Å². The molecule has 0 aliphatic carbocycles. The molecule has 0 aliphatic heterocycles. The van der Waals surface area contributed by atoms with Gasteiger partial charge in [0.1, 0.15) is 5.75 Å². The first-order valence-corrected chi connectivity index (χ1v) is 7.36. The van der Waals surface area contributed by atoms with Crippen LogP contribution in [0.4, 0.5) is 13.2 Å². The molecule has 0 aliphatic rings. The van der Waals surface area contributed by atoms with Gasteiger partial charge in [-0.1, -0.05) is 24.3 Å². The summed E-state index contributed by atoms with van der Waals surface area (Å²) in [5.74, 6) is 0.713. The quantitative estimate of drug-likeness (QED) is 0.890. The zero-order valence-electron chi connectivity index (χ0n) is 13.2. The van der Waals surface area contributed by atoms with Gasteiger partial charge in [-0.3, -0.25) is 0 Å². The van der Waals surface area contributed by atoms with E-state index < -0.39 is 11.7 Å². The number of halogens is 3. The number of ether oxygens (including phenoxy) is 1. The van der Waals surface area contributed by atoms with Crippen molar-refractivity contribution in [3.8, 4) is 5.75 Å². The molecule has 1 atom stereocenters. The number of hydrogen-bond donors (Lipinski definition) is 1. The van der Waals surface area contributed by atoms with Crippen molar-refractivity contribution < 1.29 is 17.9 Å². The first-order chi connectivity index (χ1) is 10.8. The Morgan fingerprint density at radius 3 is 2.43 bits per heavy atom. The number of hydrogen-bond acceptors (Lipinski definition) is 2. The van der Waals surface area contributed by atoms with E-state index >= 15 is 0 Å². The van der Waals surface area contributed by atoms with Crippen LogP contribution in [-0.2, 0) is 12.6 Å². The van der Waals surface area contributed by atoms with Crippen molar-refractivity contribution in [3.63, 3.8) is 0 Å². The SMILES string of the molecule is COc1ccc(C(CN)Cc2cccc(C(F)(F)F)c2)c(C)c1. The fourth-order valence-electron chi connectivity index (χ4n) is 2.71. The topological polar surface area (TPSA) is 35.2 Å². The van der Waals surface area contributed by atoms with Crippen LogP contribution in [0.25, 0.3) is 0 Å². The van der Waals surface area contributed by atoms with E-state index in [0.717, 1.165) is 22.9 Å². The number of nitrogens with two attached hydrogens (primary N) is 1. The van der Waals surface area contributed by atoms with Crippen molar-refractivity contribution >= 4 is 0 Å². The average molecular weight is 323 g/mol. The minimum absolute atomic E-state index is 0.0376. The summed E-state index contributed by atoms with van der Waals surface area (Å²) in [4.78, 5) is 0. The van der Waals surface area contributed by atoms with Gasteiger partial charge in [0.15, 0.2) is 0 Å². The summed E-state index contributed by atoms with van der Waals surface area (Å²) in [5.41, 5.74) is 7.92. The van der Waals surface area contributed by atoms with E-state index in [9.17, 15) is 13.2 Å². The van der Waals surface area contributed by atoms with Gasteiger partial charge in [-0.15, -0.1) is 0 Å². The molecule has 2 aromatic carbocycles. The van der Waals surface area contributed by atoms with Crippen LogP contribution >= 0.6 is 0 Å². The third-order valence-electron chi connectivity index (χ3n) is 3.94. The van der Waals surface area contributed by atoms with E-state index in [1.807, 2.05) is 25.1 Å². The highest BCUT2D eigenvalue weighted by atomic mass is 19.4. The van der Waals surface area contributed by atoms with Crippen LogP contribution in [0, 0.1) is 6.92 Å². The molecule has 124 valence electrons. The lowest BCUT2D eigenvalue weighted by atomic mass is 9.88. The summed E-state index contributed by atoms with van der Waals surface area (Å²) in [6.45, 7) is 2.32. The second-order valence-electron chi connectivity index (χ2n) is 5.56. The predicted molar refractivity (Wildman–Crippen MR) is 84.7 cm³/mol. The van der Waals surface area contributed by atoms with Crippen LogP contribution in [-0.4, -0.2) is 13.7 Å². The van der Waals surface area contributed by atoms with Gasteiger partial charge < -0.3 is 10.5 Å². The van der Waals surface area contributed by atoms with Gasteiger partial charge in [0.25, 0.3) is 0 Å². The molecular formula is C18H20F3NO. The Labute approximate surface area is 134 Å². The molecule has 2 rings (SSSR count). The third kappa shape index (κ3) is 4.26. The van der Waals surface area contributed by atoms with Gasteiger partial charge in [0.2, 0.25) is 0 Å². The normalized spacial score (nSPS) is 13.0. The smallest absolute Gasteiger partial charge is 0.416 e. The van der Waals surface area contributed by atoms with Crippen molar-refractivity contribution in [2.75, 3.05) is 13.7 Å². The number of benzene rings is 2. The highest BCUT2D eigenvalue weighted by Gasteiger charge is 2.30. The summed E-state index contributed by atoms with van der Waals surface area (Å²) in [7, 11) is 1.59. The maximum Gasteiger partial charge on any atom is 0.416 e. The molecule has 0 radical (unpaired) electrons. The summed E-state index contributed by atoms with van der Waals surface area (Å²) in [5, 5.41) is 0. The summed E-state index contributed by atoms with van der Waals surface area (Å²) in [6, 6.07) is 11.1. The van der Waals surface area contributed by atoms with Crippen molar-refractivity contribution in [2.24, 2.45) is 5.73 Å². The van der Waals surface area contributed by atoms with Gasteiger partial charge in [-0.2, -0.15) is 13.2 Å². The Bertz CT molecular complexity index is 668. The van der Waals surface area contributed by atoms with Gasteiger partial charge in [0, 0.05) is 5.92 Å². The van der Waals surface area contributed by atoms with Gasteiger partial charge >= 0.3 is 6.18 Å². The molecule has 0 fully saturated rings. The van der Waals surface area contributed by atoms with E-state index in [-0.39, 0.29) is 5.92 Å². The maximum absolute atomic E-state index is 12.8. The Morgan fingerprint density at radius 1 is 1.13 bits per heavy atom. The molecule has 1 unspecified atom stereocenters. The number of rotatable bonds is 5. The molecule has 2 nitrogen and oxygen atoms in total. The van der Waals surface area contributed by atoms with Gasteiger partial charge in [0.05, 0.1) is 12.7 Å². The van der Waals surface area contributed by atoms with Crippen molar-refractivity contribution in [3.05, 3.63) is 64.7 Å². The van der Waals surface area contributed by atoms with E-state index in [4.69, 9.17) is 10.5 Å². The molecule has 0 bridgehead atoms. The highest BCUT2D eigenvalue weighted by Crippen LogP contribution is 2.31. The summed E-state index contributed by atoms with van der Waals surface area (Å²) in [6.07, 6.45) is -3.86. The van der Waals surface area contributed by atoms with Crippen molar-refractivity contribution in [1.82, 2.24) is 0 Å². The van der Waals surface area contributed by atoms with Crippen LogP contribution < -0.4 is 10.5 Å². The predicted octanol–water partition coefficient (Wildman–Crippen LogP) is 4.31. The van der Waals surface area contributed by atoms with Crippen LogP contribution in [0.3, 0.4) is 0 Å². The number of methoxy groups -OCH3 is 1. The molecule has 0 saturated heterocycles. The zero-order valence-corrected chi connectivity index (χ0v) is 13.2. The van der Waals surface area contributed by atoms with Gasteiger partial charge in [-0.05, 0) is 54.8 Å². The Morgan fingerprint density at radius 2 is 1.87 bits per heavy atom. The maximum atomic E-state index is 12.8. The number of alkyl halides is 3. The van der Waals surface area contributed by atoms with E-state index in [1.54, 1.807) is 13.2 Å². The average Bonchev–Trinajstić information content (AvgIpc) is 2.52. The van der Waals surface area contributed by atoms with Crippen LogP contribution in [0.1, 0.15) is 28.2 Å². The second-order valence-corrected chi connectivity index (χ2v) is 5.56. The second kappa shape index (κ2) is 7.04. The van der Waals surface area contributed by atoms with Crippen LogP contribution in [0.15, 0.2) is 42.5 Å². The standard InChI is InChI=1S/C18H20F3NO/c1-12-8-16(23-2)6-7-17(12)14(11-22)9-13-4-3-5-15(10-13)18(19,20)21/h3-8,10,14H,9,11,22H2,1-2H3. The summed E-state index contributed by atoms with van der Waals surface area (Å²) < 4.78 is 43.6. The Balaban J connectivity index is 2.26. The van der Waals surface area contributed by atoms with Crippen molar-refractivity contribution in [1.29, 1.82) is 0 Å². The molecule has 0 heterocycles. The van der Waals surface area contributed by atoms with Crippen molar-refractivity contribution in [2.45, 2.75) is 25.4 Å². The Hall–Kier alpha value is -2.01. The molecule has 23 heavy (non-hydrogen) atoms. The molecule has 0 aromatic heterocycles.